The van der Waals surface area contributed by atoms with Gasteiger partial charge in [-0.1, -0.05) is 0 Å². The smallest absolute Gasteiger partial charge is 0.336 e. The summed E-state index contributed by atoms with van der Waals surface area (Å²) in [6, 6.07) is -0.516. The highest BCUT2D eigenvalue weighted by Gasteiger charge is 2.41. The van der Waals surface area contributed by atoms with E-state index in [-0.39, 0.29) is 12.7 Å². The highest BCUT2D eigenvalue weighted by atomic mass is 32.2. The van der Waals surface area contributed by atoms with Crippen LogP contribution in [0.4, 0.5) is 23.7 Å². The lowest BCUT2D eigenvalue weighted by atomic mass is 10.0. The van der Waals surface area contributed by atoms with E-state index in [0.717, 1.165) is 12.3 Å². The van der Waals surface area contributed by atoms with Crippen molar-refractivity contribution in [1.29, 1.82) is 0 Å². The largest absolute Gasteiger partial charge is 0.348 e. The van der Waals surface area contributed by atoms with Gasteiger partial charge in [0.15, 0.2) is 11.6 Å². The van der Waals surface area contributed by atoms with Gasteiger partial charge in [0, 0.05) is 14.6 Å². The number of anilines is 1. The van der Waals surface area contributed by atoms with E-state index in [1.54, 1.807) is 6.92 Å². The number of hydrogen-bond donors (Lipinski definition) is 2. The summed E-state index contributed by atoms with van der Waals surface area (Å²) in [6.45, 7) is 2.02. The molecule has 1 atom stereocenters. The van der Waals surface area contributed by atoms with E-state index >= 15 is 0 Å². The number of hydrogen-bond acceptors (Lipinski definition) is 5. The van der Waals surface area contributed by atoms with E-state index in [4.69, 9.17) is 0 Å². The fourth-order valence-electron chi connectivity index (χ4n) is 3.02. The van der Waals surface area contributed by atoms with E-state index in [1.165, 1.54) is 13.1 Å². The predicted octanol–water partition coefficient (Wildman–Crippen LogP) is 2.71. The van der Waals surface area contributed by atoms with Crippen LogP contribution >= 0.6 is 0 Å². The molecule has 0 spiro atoms. The molecule has 3 rings (SSSR count). The van der Waals surface area contributed by atoms with Crippen molar-refractivity contribution in [2.75, 3.05) is 11.9 Å². The Morgan fingerprint density at radius 2 is 1.97 bits per heavy atom. The van der Waals surface area contributed by atoms with Gasteiger partial charge in [-0.15, -0.1) is 0 Å². The van der Waals surface area contributed by atoms with Crippen LogP contribution in [0.25, 0.3) is 0 Å². The summed E-state index contributed by atoms with van der Waals surface area (Å²) in [5, 5.41) is 4.47. The van der Waals surface area contributed by atoms with Gasteiger partial charge in [0.2, 0.25) is 5.91 Å². The molecule has 0 bridgehead atoms. The molecule has 1 aromatic carbocycles. The average molecular weight is 432 g/mol. The topological polar surface area (TPSA) is 108 Å². The van der Waals surface area contributed by atoms with E-state index in [2.05, 4.69) is 15.6 Å². The van der Waals surface area contributed by atoms with Gasteiger partial charge in [0.25, 0.3) is 10.0 Å². The number of sulfonamides is 1. The maximum absolute atomic E-state index is 14.1. The van der Waals surface area contributed by atoms with Crippen molar-refractivity contribution in [1.82, 2.24) is 14.6 Å². The molecule has 2 heterocycles. The SMILES string of the molecule is Cc1cncc(F)c1[C@H](C)NC(=O)CN1C(=O)Nc2ccc(F)c(F)c2S1(=O)=O.[HH].[HH]. The van der Waals surface area contributed by atoms with Gasteiger partial charge < -0.3 is 10.6 Å². The number of rotatable bonds is 4. The quantitative estimate of drug-likeness (QED) is 0.772. The first-order valence-electron chi connectivity index (χ1n) is 8.25. The van der Waals surface area contributed by atoms with Crippen LogP contribution in [0, 0.1) is 24.4 Å². The molecule has 0 aliphatic carbocycles. The fraction of sp³-hybridized carbons (Fsp3) is 0.235. The molecule has 0 saturated heterocycles. The maximum atomic E-state index is 14.1. The van der Waals surface area contributed by atoms with Gasteiger partial charge >= 0.3 is 6.03 Å². The molecule has 12 heteroatoms. The van der Waals surface area contributed by atoms with Gasteiger partial charge in [-0.05, 0) is 31.5 Å². The molecular weight excluding hydrogens is 413 g/mol. The lowest BCUT2D eigenvalue weighted by molar-refractivity contribution is -0.121. The Morgan fingerprint density at radius 3 is 2.62 bits per heavy atom. The summed E-state index contributed by atoms with van der Waals surface area (Å²) in [5.74, 6) is -4.72. The first-order chi connectivity index (χ1) is 13.5. The number of aromatic nitrogens is 1. The van der Waals surface area contributed by atoms with E-state index in [1.807, 2.05) is 0 Å². The monoisotopic (exact) mass is 432 g/mol. The summed E-state index contributed by atoms with van der Waals surface area (Å²) in [5.41, 5.74) is 0.152. The van der Waals surface area contributed by atoms with Gasteiger partial charge in [0.1, 0.15) is 17.3 Å². The first kappa shape index (κ1) is 20.6. The number of aryl methyl sites for hydroxylation is 1. The summed E-state index contributed by atoms with van der Waals surface area (Å²) in [6.07, 6.45) is 2.35. The molecule has 0 saturated carbocycles. The second-order valence-corrected chi connectivity index (χ2v) is 8.12. The van der Waals surface area contributed by atoms with Gasteiger partial charge in [0.05, 0.1) is 17.9 Å². The maximum Gasteiger partial charge on any atom is 0.336 e. The summed E-state index contributed by atoms with van der Waals surface area (Å²) in [4.78, 5) is 27.0. The molecule has 1 aliphatic rings. The molecule has 3 amide bonds. The highest BCUT2D eigenvalue weighted by molar-refractivity contribution is 7.90. The fourth-order valence-corrected chi connectivity index (χ4v) is 4.51. The molecule has 0 fully saturated rings. The van der Waals surface area contributed by atoms with Crippen LogP contribution in [0.3, 0.4) is 0 Å². The van der Waals surface area contributed by atoms with Crippen LogP contribution < -0.4 is 10.6 Å². The minimum Gasteiger partial charge on any atom is -0.348 e. The molecule has 29 heavy (non-hydrogen) atoms. The number of urea groups is 1. The third kappa shape index (κ3) is 3.62. The second kappa shape index (κ2) is 7.35. The van der Waals surface area contributed by atoms with Crippen LogP contribution in [0.2, 0.25) is 0 Å². The van der Waals surface area contributed by atoms with Crippen LogP contribution in [-0.2, 0) is 14.8 Å². The lowest BCUT2D eigenvalue weighted by Crippen LogP contribution is -2.49. The standard InChI is InChI=1S/C17H15F3N4O4S.2H2/c1-8-5-21-6-11(19)14(8)9(2)22-13(25)7-24-17(26)23-12-4-3-10(18)15(20)16(12)29(24,27)28;;/h3-6,9H,7H2,1-2H3,(H,22,25)(H,23,26);2*1H/t9-;;/m0../s1. The number of halogens is 3. The summed E-state index contributed by atoms with van der Waals surface area (Å²) >= 11 is 0. The van der Waals surface area contributed by atoms with Crippen LogP contribution in [0.1, 0.15) is 26.9 Å². The van der Waals surface area contributed by atoms with Crippen LogP contribution in [0.5, 0.6) is 0 Å². The Balaban J connectivity index is 0.00000240. The van der Waals surface area contributed by atoms with Crippen molar-refractivity contribution < 1.29 is 34.0 Å². The second-order valence-electron chi connectivity index (χ2n) is 6.32. The van der Waals surface area contributed by atoms with E-state index in [0.29, 0.717) is 11.6 Å². The minimum absolute atomic E-state index is 0. The average Bonchev–Trinajstić information content (AvgIpc) is 2.61. The minimum atomic E-state index is -4.84. The van der Waals surface area contributed by atoms with E-state index < -0.39 is 62.6 Å². The highest BCUT2D eigenvalue weighted by Crippen LogP contribution is 2.33. The number of carbonyl (C=O) groups is 2. The van der Waals surface area contributed by atoms with Crippen molar-refractivity contribution in [3.63, 3.8) is 0 Å². The first-order valence-corrected chi connectivity index (χ1v) is 9.69. The van der Waals surface area contributed by atoms with Crippen LogP contribution in [-0.4, -0.2) is 36.2 Å². The molecule has 0 radical (unpaired) electrons. The number of carbonyl (C=O) groups excluding carboxylic acids is 2. The Morgan fingerprint density at radius 1 is 1.28 bits per heavy atom. The predicted molar refractivity (Wildman–Crippen MR) is 99.0 cm³/mol. The third-order valence-electron chi connectivity index (χ3n) is 4.30. The number of fused-ring (bicyclic) bond motifs is 1. The number of nitrogens with zero attached hydrogens (tertiary/aromatic N) is 2. The number of benzene rings is 1. The zero-order valence-electron chi connectivity index (χ0n) is 15.2. The Labute approximate surface area is 166 Å². The zero-order chi connectivity index (χ0) is 21.5. The van der Waals surface area contributed by atoms with Crippen molar-refractivity contribution >= 4 is 27.6 Å². The molecule has 8 nitrogen and oxygen atoms in total. The molecule has 1 aliphatic heterocycles. The number of amides is 3. The molecule has 0 unspecified atom stereocenters. The molecular formula is C17H19F3N4O4S. The molecule has 1 aromatic heterocycles. The Kier molecular flexibility index (Phi) is 5.22. The van der Waals surface area contributed by atoms with Crippen molar-refractivity contribution in [2.45, 2.75) is 24.8 Å². The number of nitrogens with one attached hydrogen (secondary N) is 2. The Hall–Kier alpha value is -3.15. The van der Waals surface area contributed by atoms with Gasteiger partial charge in [-0.25, -0.2) is 30.7 Å². The molecule has 158 valence electrons. The number of pyridine rings is 1. The van der Waals surface area contributed by atoms with Gasteiger partial charge in [-0.2, -0.15) is 0 Å². The van der Waals surface area contributed by atoms with Crippen molar-refractivity contribution in [3.05, 3.63) is 53.1 Å². The summed E-state index contributed by atoms with van der Waals surface area (Å²) in [7, 11) is -4.84. The summed E-state index contributed by atoms with van der Waals surface area (Å²) < 4.78 is 66.8. The third-order valence-corrected chi connectivity index (χ3v) is 6.09. The normalized spacial score (nSPS) is 16.0. The van der Waals surface area contributed by atoms with Crippen LogP contribution in [0.15, 0.2) is 29.4 Å². The Bertz CT molecular complexity index is 1110. The van der Waals surface area contributed by atoms with Crippen molar-refractivity contribution in [2.24, 2.45) is 0 Å². The molecule has 2 aromatic rings. The lowest BCUT2D eigenvalue weighted by Gasteiger charge is -2.29. The zero-order valence-corrected chi connectivity index (χ0v) is 16.0. The van der Waals surface area contributed by atoms with Crippen molar-refractivity contribution in [3.8, 4) is 0 Å². The van der Waals surface area contributed by atoms with Gasteiger partial charge in [-0.3, -0.25) is 9.78 Å². The molecule has 2 N–H and O–H groups in total. The van der Waals surface area contributed by atoms with E-state index in [9.17, 15) is 31.2 Å².